The lowest BCUT2D eigenvalue weighted by Crippen LogP contribution is -2.01. The van der Waals surface area contributed by atoms with Crippen LogP contribution in [0.2, 0.25) is 0 Å². The van der Waals surface area contributed by atoms with Crippen LogP contribution < -0.4 is 0 Å². The molecule has 1 heterocycles. The molecule has 0 radical (unpaired) electrons. The van der Waals surface area contributed by atoms with Gasteiger partial charge in [0.1, 0.15) is 0 Å². The van der Waals surface area contributed by atoms with Crippen molar-refractivity contribution in [3.8, 4) is 56.4 Å². The van der Waals surface area contributed by atoms with E-state index >= 15 is 0 Å². The molecule has 1 aromatic heterocycles. The zero-order valence-corrected chi connectivity index (χ0v) is 23.9. The summed E-state index contributed by atoms with van der Waals surface area (Å²) in [6, 6.07) is 57.0. The predicted molar refractivity (Wildman–Crippen MR) is 182 cm³/mol. The van der Waals surface area contributed by atoms with Gasteiger partial charge in [0.2, 0.25) is 0 Å². The molecule has 0 bridgehead atoms. The molecule has 206 valence electrons. The average Bonchev–Trinajstić information content (AvgIpc) is 3.11. The maximum atomic E-state index is 5.16. The first-order valence-electron chi connectivity index (χ1n) is 14.8. The summed E-state index contributed by atoms with van der Waals surface area (Å²) >= 11 is 0. The van der Waals surface area contributed by atoms with Crippen molar-refractivity contribution in [1.29, 1.82) is 0 Å². The van der Waals surface area contributed by atoms with E-state index in [1.807, 2.05) is 42.5 Å². The number of aromatic nitrogens is 3. The first kappa shape index (κ1) is 25.8. The smallest absolute Gasteiger partial charge is 0.164 e. The van der Waals surface area contributed by atoms with Gasteiger partial charge in [0, 0.05) is 16.7 Å². The second-order valence-electron chi connectivity index (χ2n) is 10.9. The maximum Gasteiger partial charge on any atom is 0.164 e. The lowest BCUT2D eigenvalue weighted by atomic mass is 9.96. The molecule has 7 aromatic carbocycles. The summed E-state index contributed by atoms with van der Waals surface area (Å²) in [6.45, 7) is 0. The zero-order valence-electron chi connectivity index (χ0n) is 23.9. The van der Waals surface area contributed by atoms with Gasteiger partial charge in [-0.15, -0.1) is 0 Å². The lowest BCUT2D eigenvalue weighted by Gasteiger charge is -2.13. The van der Waals surface area contributed by atoms with Gasteiger partial charge in [0.15, 0.2) is 17.5 Å². The van der Waals surface area contributed by atoms with Crippen LogP contribution in [0.1, 0.15) is 0 Å². The van der Waals surface area contributed by atoms with Gasteiger partial charge in [0.25, 0.3) is 0 Å². The summed E-state index contributed by atoms with van der Waals surface area (Å²) in [7, 11) is 0. The van der Waals surface area contributed by atoms with Gasteiger partial charge < -0.3 is 0 Å². The van der Waals surface area contributed by atoms with Gasteiger partial charge in [-0.05, 0) is 55.9 Å². The van der Waals surface area contributed by atoms with Crippen molar-refractivity contribution in [2.24, 2.45) is 0 Å². The third kappa shape index (κ3) is 4.81. The van der Waals surface area contributed by atoms with E-state index in [1.165, 1.54) is 16.3 Å². The van der Waals surface area contributed by atoms with Gasteiger partial charge in [-0.3, -0.25) is 0 Å². The van der Waals surface area contributed by atoms with E-state index in [0.29, 0.717) is 17.5 Å². The minimum absolute atomic E-state index is 0.649. The van der Waals surface area contributed by atoms with Gasteiger partial charge in [0.05, 0.1) is 0 Å². The second-order valence-corrected chi connectivity index (χ2v) is 10.9. The third-order valence-corrected chi connectivity index (χ3v) is 8.13. The van der Waals surface area contributed by atoms with E-state index in [2.05, 4.69) is 121 Å². The molecule has 0 atom stereocenters. The van der Waals surface area contributed by atoms with Crippen molar-refractivity contribution in [3.05, 3.63) is 164 Å². The molecule has 0 saturated carbocycles. The van der Waals surface area contributed by atoms with E-state index in [9.17, 15) is 0 Å². The molecule has 3 heteroatoms. The van der Waals surface area contributed by atoms with Crippen molar-refractivity contribution in [1.82, 2.24) is 15.0 Å². The summed E-state index contributed by atoms with van der Waals surface area (Å²) in [5.41, 5.74) is 7.44. The van der Waals surface area contributed by atoms with Crippen LogP contribution in [0.3, 0.4) is 0 Å². The third-order valence-electron chi connectivity index (χ3n) is 8.13. The number of benzene rings is 7. The Labute approximate surface area is 256 Å². The Morgan fingerprint density at radius 3 is 1.57 bits per heavy atom. The molecule has 0 amide bonds. The Hall–Kier alpha value is -5.93. The first-order valence-corrected chi connectivity index (χ1v) is 14.8. The minimum atomic E-state index is 0.649. The molecule has 0 unspecified atom stereocenters. The summed E-state index contributed by atoms with van der Waals surface area (Å²) < 4.78 is 0. The van der Waals surface area contributed by atoms with Gasteiger partial charge in [-0.25, -0.2) is 15.0 Å². The van der Waals surface area contributed by atoms with E-state index in [-0.39, 0.29) is 0 Å². The van der Waals surface area contributed by atoms with Gasteiger partial charge >= 0.3 is 0 Å². The predicted octanol–water partition coefficient (Wildman–Crippen LogP) is 10.5. The molecule has 0 aliphatic carbocycles. The summed E-state index contributed by atoms with van der Waals surface area (Å²) in [4.78, 5) is 15.3. The molecule has 0 spiro atoms. The van der Waals surface area contributed by atoms with Crippen LogP contribution in [0.15, 0.2) is 164 Å². The SMILES string of the molecule is c1ccc(-c2nc(-c3ccccc3-c3ccccc3)nc(-c3cccc4ccc(-c5ccc6ccccc6c5)cc34)n2)cc1. The highest BCUT2D eigenvalue weighted by Crippen LogP contribution is 2.35. The summed E-state index contributed by atoms with van der Waals surface area (Å²) in [5, 5.41) is 4.70. The lowest BCUT2D eigenvalue weighted by molar-refractivity contribution is 1.08. The van der Waals surface area contributed by atoms with Crippen molar-refractivity contribution in [2.45, 2.75) is 0 Å². The quantitative estimate of drug-likeness (QED) is 0.210. The maximum absolute atomic E-state index is 5.16. The number of hydrogen-bond acceptors (Lipinski definition) is 3. The van der Waals surface area contributed by atoms with Crippen LogP contribution in [-0.2, 0) is 0 Å². The fraction of sp³-hybridized carbons (Fsp3) is 0. The highest BCUT2D eigenvalue weighted by molar-refractivity contribution is 5.99. The van der Waals surface area contributed by atoms with E-state index in [0.717, 1.165) is 44.2 Å². The molecule has 0 aliphatic rings. The monoisotopic (exact) mass is 561 g/mol. The minimum Gasteiger partial charge on any atom is -0.208 e. The zero-order chi connectivity index (χ0) is 29.3. The molecule has 0 saturated heterocycles. The number of hydrogen-bond donors (Lipinski definition) is 0. The number of rotatable bonds is 5. The van der Waals surface area contributed by atoms with Gasteiger partial charge in [-0.1, -0.05) is 152 Å². The van der Waals surface area contributed by atoms with Crippen LogP contribution in [0.25, 0.3) is 78.0 Å². The Morgan fingerprint density at radius 1 is 0.273 bits per heavy atom. The Kier molecular flexibility index (Phi) is 6.47. The standard InChI is InChI=1S/C41H27N3/c1-3-13-29(14-4-1)35-19-9-10-20-36(35)40-42-39(31-15-5-2-6-16-31)43-41(44-40)37-21-11-18-30-23-25-34(27-38(30)37)33-24-22-28-12-7-8-17-32(28)26-33/h1-27H. The normalized spacial score (nSPS) is 11.2. The first-order chi connectivity index (χ1) is 21.8. The Bertz CT molecular complexity index is 2270. The molecular formula is C41H27N3. The largest absolute Gasteiger partial charge is 0.208 e. The summed E-state index contributed by atoms with van der Waals surface area (Å²) in [6.07, 6.45) is 0. The molecular weight excluding hydrogens is 534 g/mol. The molecule has 3 nitrogen and oxygen atoms in total. The second kappa shape index (κ2) is 11.0. The average molecular weight is 562 g/mol. The van der Waals surface area contributed by atoms with Crippen LogP contribution in [0.5, 0.6) is 0 Å². The van der Waals surface area contributed by atoms with Crippen LogP contribution in [0, 0.1) is 0 Å². The fourth-order valence-electron chi connectivity index (χ4n) is 5.90. The van der Waals surface area contributed by atoms with Crippen LogP contribution >= 0.6 is 0 Å². The molecule has 0 N–H and O–H groups in total. The van der Waals surface area contributed by atoms with Crippen molar-refractivity contribution in [3.63, 3.8) is 0 Å². The fourth-order valence-corrected chi connectivity index (χ4v) is 5.90. The number of fused-ring (bicyclic) bond motifs is 2. The highest BCUT2D eigenvalue weighted by atomic mass is 15.0. The van der Waals surface area contributed by atoms with Gasteiger partial charge in [-0.2, -0.15) is 0 Å². The molecule has 0 aliphatic heterocycles. The van der Waals surface area contributed by atoms with Crippen LogP contribution in [0.4, 0.5) is 0 Å². The molecule has 0 fully saturated rings. The molecule has 8 aromatic rings. The topological polar surface area (TPSA) is 38.7 Å². The highest BCUT2D eigenvalue weighted by Gasteiger charge is 2.17. The van der Waals surface area contributed by atoms with E-state index in [1.54, 1.807) is 0 Å². The molecule has 8 rings (SSSR count). The van der Waals surface area contributed by atoms with Crippen LogP contribution in [-0.4, -0.2) is 15.0 Å². The number of nitrogens with zero attached hydrogens (tertiary/aromatic N) is 3. The molecule has 44 heavy (non-hydrogen) atoms. The van der Waals surface area contributed by atoms with Crippen molar-refractivity contribution < 1.29 is 0 Å². The van der Waals surface area contributed by atoms with Crippen molar-refractivity contribution in [2.75, 3.05) is 0 Å². The van der Waals surface area contributed by atoms with E-state index < -0.39 is 0 Å². The van der Waals surface area contributed by atoms with E-state index in [4.69, 9.17) is 15.0 Å². The summed E-state index contributed by atoms with van der Waals surface area (Å²) in [5.74, 6) is 1.95. The van der Waals surface area contributed by atoms with Crippen molar-refractivity contribution >= 4 is 21.5 Å². The Morgan fingerprint density at radius 2 is 0.795 bits per heavy atom. The Balaban J connectivity index is 1.33.